The first-order chi connectivity index (χ1) is 14.9. The molecule has 2 unspecified atom stereocenters. The summed E-state index contributed by atoms with van der Waals surface area (Å²) in [7, 11) is 0. The molecule has 1 N–H and O–H groups in total. The summed E-state index contributed by atoms with van der Waals surface area (Å²) in [6, 6.07) is 7.08. The maximum atomic E-state index is 8.81. The van der Waals surface area contributed by atoms with E-state index in [1.807, 2.05) is 0 Å². The third kappa shape index (κ3) is 5.05. The molecular weight excluding hydrogens is 404 g/mol. The van der Waals surface area contributed by atoms with Crippen LogP contribution >= 0.6 is 11.3 Å². The average Bonchev–Trinajstić information content (AvgIpc) is 3.25. The topological polar surface area (TPSA) is 45.6 Å². The molecule has 170 valence electrons. The Morgan fingerprint density at radius 3 is 2.71 bits per heavy atom. The molecule has 31 heavy (non-hydrogen) atoms. The lowest BCUT2D eigenvalue weighted by atomic mass is 9.64. The van der Waals surface area contributed by atoms with Gasteiger partial charge in [-0.05, 0) is 66.8 Å². The van der Waals surface area contributed by atoms with Gasteiger partial charge in [0.05, 0.1) is 25.5 Å². The predicted molar refractivity (Wildman–Crippen MR) is 129 cm³/mol. The second kappa shape index (κ2) is 9.70. The number of thiazole rings is 1. The van der Waals surface area contributed by atoms with Crippen LogP contribution in [0, 0.1) is 5.92 Å². The standard InChI is InChI=1S/C26H38N2O2S/c1-18-16-26(3,4)23-6-5-21(15-22(23)19(18)2)25-27-24(17-31-25)20-7-9-28(10-8-20)11-13-30-14-12-29/h5-6,15,17-20,29H,7-14,16H2,1-4H3. The molecule has 0 radical (unpaired) electrons. The lowest BCUT2D eigenvalue weighted by molar-refractivity contribution is 0.0679. The summed E-state index contributed by atoms with van der Waals surface area (Å²) >= 11 is 1.80. The Balaban J connectivity index is 1.42. The highest BCUT2D eigenvalue weighted by atomic mass is 32.1. The van der Waals surface area contributed by atoms with E-state index in [1.54, 1.807) is 11.3 Å². The largest absolute Gasteiger partial charge is 0.394 e. The van der Waals surface area contributed by atoms with Crippen LogP contribution in [0.5, 0.6) is 0 Å². The fraction of sp³-hybridized carbons (Fsp3) is 0.654. The number of nitrogens with zero attached hydrogens (tertiary/aromatic N) is 2. The molecule has 2 heterocycles. The van der Waals surface area contributed by atoms with Gasteiger partial charge in [-0.15, -0.1) is 11.3 Å². The van der Waals surface area contributed by atoms with Crippen molar-refractivity contribution in [1.29, 1.82) is 0 Å². The van der Waals surface area contributed by atoms with Gasteiger partial charge in [-0.2, -0.15) is 0 Å². The number of fused-ring (bicyclic) bond motifs is 1. The lowest BCUT2D eigenvalue weighted by Gasteiger charge is -2.40. The number of rotatable bonds is 7. The van der Waals surface area contributed by atoms with Crippen molar-refractivity contribution < 1.29 is 9.84 Å². The van der Waals surface area contributed by atoms with Gasteiger partial charge in [-0.3, -0.25) is 0 Å². The quantitative estimate of drug-likeness (QED) is 0.582. The number of aliphatic hydroxyl groups excluding tert-OH is 1. The van der Waals surface area contributed by atoms with Crippen molar-refractivity contribution in [3.05, 3.63) is 40.4 Å². The van der Waals surface area contributed by atoms with Crippen LogP contribution in [0.2, 0.25) is 0 Å². The lowest BCUT2D eigenvalue weighted by Crippen LogP contribution is -2.35. The fourth-order valence-corrected chi connectivity index (χ4v) is 6.40. The SMILES string of the molecule is CC1CC(C)(C)c2ccc(-c3nc(C4CCN(CCOCCO)CC4)cs3)cc2C1C. The third-order valence-corrected chi connectivity index (χ3v) is 8.43. The molecule has 4 nitrogen and oxygen atoms in total. The molecule has 0 spiro atoms. The van der Waals surface area contributed by atoms with Crippen LogP contribution < -0.4 is 0 Å². The van der Waals surface area contributed by atoms with E-state index in [1.165, 1.54) is 33.8 Å². The summed E-state index contributed by atoms with van der Waals surface area (Å²) in [6.45, 7) is 14.0. The zero-order valence-electron chi connectivity index (χ0n) is 19.6. The number of piperidine rings is 1. The van der Waals surface area contributed by atoms with Crippen molar-refractivity contribution in [3.8, 4) is 10.6 Å². The highest BCUT2D eigenvalue weighted by Gasteiger charge is 2.35. The molecular formula is C26H38N2O2S. The molecule has 1 aromatic carbocycles. The Hall–Kier alpha value is -1.27. The molecule has 1 aromatic heterocycles. The summed E-state index contributed by atoms with van der Waals surface area (Å²) in [6.07, 6.45) is 3.58. The number of hydrogen-bond donors (Lipinski definition) is 1. The molecule has 4 rings (SSSR count). The van der Waals surface area contributed by atoms with Crippen molar-refractivity contribution in [2.75, 3.05) is 39.5 Å². The van der Waals surface area contributed by atoms with E-state index in [0.717, 1.165) is 32.5 Å². The zero-order valence-corrected chi connectivity index (χ0v) is 20.4. The molecule has 0 bridgehead atoms. The Kier molecular flexibility index (Phi) is 7.17. The van der Waals surface area contributed by atoms with E-state index in [-0.39, 0.29) is 12.0 Å². The number of ether oxygens (including phenoxy) is 1. The minimum absolute atomic E-state index is 0.105. The van der Waals surface area contributed by atoms with Gasteiger partial charge in [-0.1, -0.05) is 39.8 Å². The molecule has 2 aromatic rings. The number of likely N-dealkylation sites (tertiary alicyclic amines) is 1. The van der Waals surface area contributed by atoms with Crippen LogP contribution in [0.3, 0.4) is 0 Å². The highest BCUT2D eigenvalue weighted by molar-refractivity contribution is 7.13. The molecule has 1 saturated heterocycles. The number of aliphatic hydroxyl groups is 1. The van der Waals surface area contributed by atoms with Gasteiger partial charge in [0.1, 0.15) is 5.01 Å². The first kappa shape index (κ1) is 22.9. The summed E-state index contributed by atoms with van der Waals surface area (Å²) in [4.78, 5) is 7.56. The van der Waals surface area contributed by atoms with E-state index >= 15 is 0 Å². The van der Waals surface area contributed by atoms with Crippen LogP contribution in [0.15, 0.2) is 23.6 Å². The van der Waals surface area contributed by atoms with Gasteiger partial charge in [-0.25, -0.2) is 4.98 Å². The van der Waals surface area contributed by atoms with Gasteiger partial charge >= 0.3 is 0 Å². The van der Waals surface area contributed by atoms with Crippen molar-refractivity contribution in [2.24, 2.45) is 5.92 Å². The van der Waals surface area contributed by atoms with E-state index in [9.17, 15) is 0 Å². The summed E-state index contributed by atoms with van der Waals surface area (Å²) < 4.78 is 5.41. The van der Waals surface area contributed by atoms with E-state index in [0.29, 0.717) is 31.0 Å². The van der Waals surface area contributed by atoms with Gasteiger partial charge in [0.15, 0.2) is 0 Å². The smallest absolute Gasteiger partial charge is 0.123 e. The Morgan fingerprint density at radius 1 is 1.19 bits per heavy atom. The summed E-state index contributed by atoms with van der Waals surface area (Å²) in [5.41, 5.74) is 5.86. The van der Waals surface area contributed by atoms with Gasteiger partial charge in [0.25, 0.3) is 0 Å². The predicted octanol–water partition coefficient (Wildman–Crippen LogP) is 5.42. The number of hydrogen-bond acceptors (Lipinski definition) is 5. The minimum Gasteiger partial charge on any atom is -0.394 e. The Morgan fingerprint density at radius 2 is 1.97 bits per heavy atom. The van der Waals surface area contributed by atoms with Crippen molar-refractivity contribution in [1.82, 2.24) is 9.88 Å². The molecule has 1 fully saturated rings. The minimum atomic E-state index is 0.105. The summed E-state index contributed by atoms with van der Waals surface area (Å²) in [5, 5.41) is 12.3. The summed E-state index contributed by atoms with van der Waals surface area (Å²) in [5.74, 6) is 1.88. The average molecular weight is 443 g/mol. The molecule has 1 aliphatic carbocycles. The zero-order chi connectivity index (χ0) is 22.0. The third-order valence-electron chi connectivity index (χ3n) is 7.52. The molecule has 0 saturated carbocycles. The molecule has 2 aliphatic rings. The van der Waals surface area contributed by atoms with Crippen LogP contribution in [0.1, 0.15) is 75.6 Å². The van der Waals surface area contributed by atoms with Gasteiger partial charge in [0, 0.05) is 23.4 Å². The van der Waals surface area contributed by atoms with Crippen LogP contribution in [-0.4, -0.2) is 54.4 Å². The van der Waals surface area contributed by atoms with Crippen LogP contribution in [0.4, 0.5) is 0 Å². The van der Waals surface area contributed by atoms with Gasteiger partial charge in [0.2, 0.25) is 0 Å². The molecule has 2 atom stereocenters. The highest BCUT2D eigenvalue weighted by Crippen LogP contribution is 2.46. The van der Waals surface area contributed by atoms with E-state index in [2.05, 4.69) is 56.2 Å². The first-order valence-electron chi connectivity index (χ1n) is 11.9. The molecule has 5 heteroatoms. The van der Waals surface area contributed by atoms with Crippen molar-refractivity contribution >= 4 is 11.3 Å². The van der Waals surface area contributed by atoms with Crippen molar-refractivity contribution in [3.63, 3.8) is 0 Å². The second-order valence-electron chi connectivity index (χ2n) is 10.2. The fourth-order valence-electron chi connectivity index (χ4n) is 5.51. The maximum absolute atomic E-state index is 8.81. The van der Waals surface area contributed by atoms with Crippen LogP contribution in [0.25, 0.3) is 10.6 Å². The maximum Gasteiger partial charge on any atom is 0.123 e. The normalized spacial score (nSPS) is 24.3. The molecule has 0 amide bonds. The molecule has 1 aliphatic heterocycles. The second-order valence-corrected chi connectivity index (χ2v) is 11.0. The Bertz CT molecular complexity index is 870. The van der Waals surface area contributed by atoms with Crippen molar-refractivity contribution in [2.45, 2.75) is 64.2 Å². The number of aromatic nitrogens is 1. The van der Waals surface area contributed by atoms with E-state index in [4.69, 9.17) is 14.8 Å². The Labute approximate surface area is 191 Å². The first-order valence-corrected chi connectivity index (χ1v) is 12.8. The number of benzene rings is 1. The van der Waals surface area contributed by atoms with E-state index < -0.39 is 0 Å². The van der Waals surface area contributed by atoms with Gasteiger partial charge < -0.3 is 14.7 Å². The monoisotopic (exact) mass is 442 g/mol. The van der Waals surface area contributed by atoms with Crippen LogP contribution in [-0.2, 0) is 10.2 Å².